The molecule has 1 saturated carbocycles. The van der Waals surface area contributed by atoms with Crippen LogP contribution in [0.3, 0.4) is 0 Å². The number of nitrogens with zero attached hydrogens (tertiary/aromatic N) is 2. The molecule has 21 heavy (non-hydrogen) atoms. The summed E-state index contributed by atoms with van der Waals surface area (Å²) in [4.78, 5) is 16.9. The lowest BCUT2D eigenvalue weighted by atomic mass is 10.0. The van der Waals surface area contributed by atoms with Crippen molar-refractivity contribution in [2.24, 2.45) is 0 Å². The first-order chi connectivity index (χ1) is 10.3. The third-order valence-corrected chi connectivity index (χ3v) is 4.48. The molecular formula is C17H24N2O2. The van der Waals surface area contributed by atoms with Crippen LogP contribution in [0.5, 0.6) is 0 Å². The van der Waals surface area contributed by atoms with Crippen molar-refractivity contribution in [2.75, 3.05) is 33.4 Å². The number of hydrogen-bond donors (Lipinski definition) is 0. The maximum atomic E-state index is 12.3. The summed E-state index contributed by atoms with van der Waals surface area (Å²) in [6.07, 6.45) is 3.58. The van der Waals surface area contributed by atoms with Gasteiger partial charge in [-0.3, -0.25) is 9.69 Å². The predicted octanol–water partition coefficient (Wildman–Crippen LogP) is 1.55. The average molecular weight is 288 g/mol. The van der Waals surface area contributed by atoms with Gasteiger partial charge in [-0.25, -0.2) is 0 Å². The van der Waals surface area contributed by atoms with E-state index >= 15 is 0 Å². The molecule has 0 unspecified atom stereocenters. The molecule has 3 rings (SSSR count). The van der Waals surface area contributed by atoms with Crippen molar-refractivity contribution in [3.63, 3.8) is 0 Å². The standard InChI is InChI=1S/C17H24N2O2/c1-21-13-17(20)19-10-9-18(15-7-8-15)12-16(19)11-14-5-3-2-4-6-14/h2-6,15-16H,7-13H2,1H3/t16-/m0/s1. The van der Waals surface area contributed by atoms with Gasteiger partial charge in [0.25, 0.3) is 0 Å². The van der Waals surface area contributed by atoms with E-state index in [1.165, 1.54) is 18.4 Å². The Morgan fingerprint density at radius 2 is 2.00 bits per heavy atom. The lowest BCUT2D eigenvalue weighted by Crippen LogP contribution is -2.57. The summed E-state index contributed by atoms with van der Waals surface area (Å²) < 4.78 is 5.04. The molecule has 0 radical (unpaired) electrons. The molecule has 1 aromatic carbocycles. The Balaban J connectivity index is 1.70. The number of amides is 1. The Labute approximate surface area is 126 Å². The molecule has 2 fully saturated rings. The van der Waals surface area contributed by atoms with Gasteiger partial charge in [0.1, 0.15) is 6.61 Å². The lowest BCUT2D eigenvalue weighted by Gasteiger charge is -2.41. The predicted molar refractivity (Wildman–Crippen MR) is 82.1 cm³/mol. The quantitative estimate of drug-likeness (QED) is 0.824. The molecule has 2 aliphatic rings. The van der Waals surface area contributed by atoms with Gasteiger partial charge in [0, 0.05) is 38.8 Å². The van der Waals surface area contributed by atoms with E-state index in [0.29, 0.717) is 0 Å². The zero-order valence-electron chi connectivity index (χ0n) is 12.7. The van der Waals surface area contributed by atoms with Crippen LogP contribution in [0.15, 0.2) is 30.3 Å². The topological polar surface area (TPSA) is 32.8 Å². The van der Waals surface area contributed by atoms with E-state index in [2.05, 4.69) is 29.2 Å². The summed E-state index contributed by atoms with van der Waals surface area (Å²) in [6.45, 7) is 3.02. The summed E-state index contributed by atoms with van der Waals surface area (Å²) in [7, 11) is 1.59. The van der Waals surface area contributed by atoms with Gasteiger partial charge in [0.05, 0.1) is 0 Å². The first-order valence-corrected chi connectivity index (χ1v) is 7.84. The molecular weight excluding hydrogens is 264 g/mol. The fourth-order valence-corrected chi connectivity index (χ4v) is 3.25. The number of benzene rings is 1. The van der Waals surface area contributed by atoms with Crippen molar-refractivity contribution in [1.29, 1.82) is 0 Å². The molecule has 0 N–H and O–H groups in total. The van der Waals surface area contributed by atoms with E-state index in [9.17, 15) is 4.79 Å². The van der Waals surface area contributed by atoms with E-state index in [1.54, 1.807) is 7.11 Å². The molecule has 1 aliphatic carbocycles. The molecule has 1 atom stereocenters. The van der Waals surface area contributed by atoms with Crippen molar-refractivity contribution in [2.45, 2.75) is 31.3 Å². The highest BCUT2D eigenvalue weighted by Gasteiger charge is 2.36. The number of ether oxygens (including phenoxy) is 1. The van der Waals surface area contributed by atoms with Gasteiger partial charge >= 0.3 is 0 Å². The van der Waals surface area contributed by atoms with Crippen molar-refractivity contribution in [1.82, 2.24) is 9.80 Å². The van der Waals surface area contributed by atoms with Crippen LogP contribution in [0.2, 0.25) is 0 Å². The average Bonchev–Trinajstić information content (AvgIpc) is 3.33. The minimum atomic E-state index is 0.119. The molecule has 1 aromatic rings. The van der Waals surface area contributed by atoms with Crippen molar-refractivity contribution in [3.05, 3.63) is 35.9 Å². The highest BCUT2D eigenvalue weighted by Crippen LogP contribution is 2.29. The number of hydrogen-bond acceptors (Lipinski definition) is 3. The Morgan fingerprint density at radius 1 is 1.24 bits per heavy atom. The molecule has 0 bridgehead atoms. The molecule has 1 heterocycles. The third-order valence-electron chi connectivity index (χ3n) is 4.48. The van der Waals surface area contributed by atoms with Crippen LogP contribution < -0.4 is 0 Å². The summed E-state index contributed by atoms with van der Waals surface area (Å²) in [5.74, 6) is 0.119. The number of piperazine rings is 1. The van der Waals surface area contributed by atoms with Crippen molar-refractivity contribution in [3.8, 4) is 0 Å². The minimum Gasteiger partial charge on any atom is -0.375 e. The van der Waals surface area contributed by atoms with Crippen LogP contribution in [-0.4, -0.2) is 61.1 Å². The summed E-state index contributed by atoms with van der Waals surface area (Å²) in [5.41, 5.74) is 1.30. The second-order valence-corrected chi connectivity index (χ2v) is 6.09. The van der Waals surface area contributed by atoms with Crippen molar-refractivity contribution >= 4 is 5.91 Å². The van der Waals surface area contributed by atoms with Crippen LogP contribution in [0.1, 0.15) is 18.4 Å². The largest absolute Gasteiger partial charge is 0.375 e. The van der Waals surface area contributed by atoms with Gasteiger partial charge in [0.15, 0.2) is 0 Å². The van der Waals surface area contributed by atoms with Gasteiger partial charge in [-0.05, 0) is 24.8 Å². The van der Waals surface area contributed by atoms with Gasteiger partial charge in [-0.1, -0.05) is 30.3 Å². The smallest absolute Gasteiger partial charge is 0.248 e. The Bertz CT molecular complexity index is 473. The Morgan fingerprint density at radius 3 is 2.67 bits per heavy atom. The van der Waals surface area contributed by atoms with Crippen molar-refractivity contribution < 1.29 is 9.53 Å². The van der Waals surface area contributed by atoms with E-state index in [1.807, 2.05) is 11.0 Å². The van der Waals surface area contributed by atoms with Gasteiger partial charge in [-0.2, -0.15) is 0 Å². The maximum Gasteiger partial charge on any atom is 0.248 e. The van der Waals surface area contributed by atoms with Crippen LogP contribution in [0.4, 0.5) is 0 Å². The van der Waals surface area contributed by atoms with E-state index in [-0.39, 0.29) is 18.6 Å². The highest BCUT2D eigenvalue weighted by molar-refractivity contribution is 5.78. The fourth-order valence-electron chi connectivity index (χ4n) is 3.25. The monoisotopic (exact) mass is 288 g/mol. The molecule has 1 aliphatic heterocycles. The van der Waals surface area contributed by atoms with Gasteiger partial charge < -0.3 is 9.64 Å². The zero-order chi connectivity index (χ0) is 14.7. The molecule has 1 saturated heterocycles. The van der Waals surface area contributed by atoms with Crippen LogP contribution in [0.25, 0.3) is 0 Å². The summed E-state index contributed by atoms with van der Waals surface area (Å²) >= 11 is 0. The number of carbonyl (C=O) groups excluding carboxylic acids is 1. The van der Waals surface area contributed by atoms with Crippen LogP contribution >= 0.6 is 0 Å². The normalized spacial score (nSPS) is 23.3. The summed E-state index contributed by atoms with van der Waals surface area (Å²) in [6, 6.07) is 11.5. The summed E-state index contributed by atoms with van der Waals surface area (Å²) in [5, 5.41) is 0. The van der Waals surface area contributed by atoms with E-state index in [0.717, 1.165) is 32.1 Å². The van der Waals surface area contributed by atoms with E-state index < -0.39 is 0 Å². The van der Waals surface area contributed by atoms with Crippen LogP contribution in [-0.2, 0) is 16.0 Å². The Hall–Kier alpha value is -1.39. The first kappa shape index (κ1) is 14.5. The lowest BCUT2D eigenvalue weighted by molar-refractivity contribution is -0.140. The molecule has 4 nitrogen and oxygen atoms in total. The SMILES string of the molecule is COCC(=O)N1CCN(C2CC2)C[C@@H]1Cc1ccccc1. The first-order valence-electron chi connectivity index (χ1n) is 7.84. The van der Waals surface area contributed by atoms with Gasteiger partial charge in [-0.15, -0.1) is 0 Å². The Kier molecular flexibility index (Phi) is 4.56. The number of carbonyl (C=O) groups is 1. The molecule has 0 spiro atoms. The number of rotatable bonds is 5. The highest BCUT2D eigenvalue weighted by atomic mass is 16.5. The number of methoxy groups -OCH3 is 1. The second-order valence-electron chi connectivity index (χ2n) is 6.09. The zero-order valence-corrected chi connectivity index (χ0v) is 12.7. The molecule has 4 heteroatoms. The fraction of sp³-hybridized carbons (Fsp3) is 0.588. The molecule has 1 amide bonds. The maximum absolute atomic E-state index is 12.3. The van der Waals surface area contributed by atoms with E-state index in [4.69, 9.17) is 4.74 Å². The second kappa shape index (κ2) is 6.58. The molecule has 0 aromatic heterocycles. The van der Waals surface area contributed by atoms with Crippen LogP contribution in [0, 0.1) is 0 Å². The third kappa shape index (κ3) is 3.63. The van der Waals surface area contributed by atoms with Gasteiger partial charge in [0.2, 0.25) is 5.91 Å². The minimum absolute atomic E-state index is 0.119. The molecule has 114 valence electrons.